The number of carbonyl (C=O) groups is 2. The zero-order valence-electron chi connectivity index (χ0n) is 12.5. The molecule has 0 aliphatic rings. The molecular weight excluding hydrogens is 268 g/mol. The van der Waals surface area contributed by atoms with E-state index in [1.54, 1.807) is 13.8 Å². The Bertz CT molecular complexity index is 686. The molecule has 0 fully saturated rings. The molecule has 0 saturated heterocycles. The lowest BCUT2D eigenvalue weighted by atomic mass is 10.1. The van der Waals surface area contributed by atoms with Crippen LogP contribution in [0.4, 0.5) is 0 Å². The molecule has 0 aliphatic carbocycles. The number of rotatable bonds is 5. The Morgan fingerprint density at radius 3 is 2.62 bits per heavy atom. The number of carboxylic acids is 1. The van der Waals surface area contributed by atoms with E-state index in [1.165, 1.54) is 0 Å². The molecule has 2 rings (SSSR count). The first-order valence-electron chi connectivity index (χ1n) is 7.08. The maximum absolute atomic E-state index is 11.7. The van der Waals surface area contributed by atoms with E-state index in [-0.39, 0.29) is 24.1 Å². The van der Waals surface area contributed by atoms with Crippen LogP contribution < -0.4 is 5.32 Å². The smallest absolute Gasteiger partial charge is 0.352 e. The van der Waals surface area contributed by atoms with Crippen molar-refractivity contribution in [3.63, 3.8) is 0 Å². The molecule has 0 bridgehead atoms. The van der Waals surface area contributed by atoms with Crippen LogP contribution in [0.25, 0.3) is 10.9 Å². The van der Waals surface area contributed by atoms with Gasteiger partial charge in [-0.3, -0.25) is 4.79 Å². The molecule has 21 heavy (non-hydrogen) atoms. The van der Waals surface area contributed by atoms with E-state index in [9.17, 15) is 14.7 Å². The first-order chi connectivity index (χ1) is 9.93. The molecular formula is C16H20N2O3. The lowest BCUT2D eigenvalue weighted by Gasteiger charge is -2.08. The van der Waals surface area contributed by atoms with Crippen molar-refractivity contribution in [1.82, 2.24) is 10.3 Å². The molecule has 0 radical (unpaired) electrons. The normalized spacial score (nSPS) is 11.0. The number of aromatic carboxylic acids is 1. The maximum atomic E-state index is 11.7. The van der Waals surface area contributed by atoms with E-state index in [4.69, 9.17) is 0 Å². The zero-order chi connectivity index (χ0) is 15.6. The van der Waals surface area contributed by atoms with E-state index in [1.807, 2.05) is 25.1 Å². The number of hydrogen-bond acceptors (Lipinski definition) is 2. The molecule has 1 amide bonds. The standard InChI is InChI=1S/C16H20N2O3/c1-4-10-5-6-13-11(7-10)12(14(18-13)16(20)21)8-17-15(19)9(2)3/h5-7,9,18H,4,8H2,1-3H3,(H,17,19)(H,20,21). The molecule has 0 saturated carbocycles. The molecule has 5 nitrogen and oxygen atoms in total. The topological polar surface area (TPSA) is 82.2 Å². The van der Waals surface area contributed by atoms with Gasteiger partial charge >= 0.3 is 5.97 Å². The SMILES string of the molecule is CCc1ccc2[nH]c(C(=O)O)c(CNC(=O)C(C)C)c2c1. The number of amides is 1. The molecule has 3 N–H and O–H groups in total. The number of carboxylic acid groups (broad SMARTS) is 1. The number of H-pyrrole nitrogens is 1. The van der Waals surface area contributed by atoms with Gasteiger partial charge < -0.3 is 15.4 Å². The summed E-state index contributed by atoms with van der Waals surface area (Å²) in [5.41, 5.74) is 2.68. The fourth-order valence-electron chi connectivity index (χ4n) is 2.26. The van der Waals surface area contributed by atoms with E-state index in [0.717, 1.165) is 22.9 Å². The van der Waals surface area contributed by atoms with Crippen molar-refractivity contribution in [2.24, 2.45) is 5.92 Å². The predicted octanol–water partition coefficient (Wildman–Crippen LogP) is 2.70. The number of hydrogen-bond donors (Lipinski definition) is 3. The van der Waals surface area contributed by atoms with Crippen LogP contribution >= 0.6 is 0 Å². The molecule has 1 aromatic carbocycles. The van der Waals surface area contributed by atoms with Crippen LogP contribution in [-0.2, 0) is 17.8 Å². The Hall–Kier alpha value is -2.30. The first-order valence-corrected chi connectivity index (χ1v) is 7.08. The summed E-state index contributed by atoms with van der Waals surface area (Å²) in [6.45, 7) is 5.87. The highest BCUT2D eigenvalue weighted by Crippen LogP contribution is 2.24. The monoisotopic (exact) mass is 288 g/mol. The number of benzene rings is 1. The Morgan fingerprint density at radius 2 is 2.05 bits per heavy atom. The second-order valence-electron chi connectivity index (χ2n) is 5.39. The van der Waals surface area contributed by atoms with Crippen molar-refractivity contribution in [3.05, 3.63) is 35.0 Å². The van der Waals surface area contributed by atoms with Crippen molar-refractivity contribution in [2.75, 3.05) is 0 Å². The minimum absolute atomic E-state index is 0.0904. The van der Waals surface area contributed by atoms with Crippen molar-refractivity contribution < 1.29 is 14.7 Å². The van der Waals surface area contributed by atoms with Gasteiger partial charge in [-0.05, 0) is 24.1 Å². The molecule has 5 heteroatoms. The number of fused-ring (bicyclic) bond motifs is 1. The van der Waals surface area contributed by atoms with Gasteiger partial charge in [0.2, 0.25) is 5.91 Å². The Kier molecular flexibility index (Phi) is 4.31. The van der Waals surface area contributed by atoms with E-state index in [0.29, 0.717) is 5.56 Å². The quantitative estimate of drug-likeness (QED) is 0.791. The molecule has 2 aromatic rings. The zero-order valence-corrected chi connectivity index (χ0v) is 12.5. The van der Waals surface area contributed by atoms with Crippen LogP contribution in [0.5, 0.6) is 0 Å². The number of carbonyl (C=O) groups excluding carboxylic acids is 1. The molecule has 0 aliphatic heterocycles. The highest BCUT2D eigenvalue weighted by Gasteiger charge is 2.18. The minimum atomic E-state index is -1.02. The summed E-state index contributed by atoms with van der Waals surface area (Å²) in [6.07, 6.45) is 0.876. The average Bonchev–Trinajstić information content (AvgIpc) is 2.82. The average molecular weight is 288 g/mol. The molecule has 1 aromatic heterocycles. The number of aromatic amines is 1. The summed E-state index contributed by atoms with van der Waals surface area (Å²) in [5, 5.41) is 13.0. The van der Waals surface area contributed by atoms with Crippen LogP contribution in [-0.4, -0.2) is 22.0 Å². The van der Waals surface area contributed by atoms with Gasteiger partial charge in [0.1, 0.15) is 5.69 Å². The van der Waals surface area contributed by atoms with Gasteiger partial charge in [0.05, 0.1) is 0 Å². The lowest BCUT2D eigenvalue weighted by molar-refractivity contribution is -0.124. The summed E-state index contributed by atoms with van der Waals surface area (Å²) in [6, 6.07) is 5.84. The summed E-state index contributed by atoms with van der Waals surface area (Å²) in [7, 11) is 0. The fourth-order valence-corrected chi connectivity index (χ4v) is 2.26. The van der Waals surface area contributed by atoms with Crippen molar-refractivity contribution in [3.8, 4) is 0 Å². The molecule has 112 valence electrons. The van der Waals surface area contributed by atoms with E-state index < -0.39 is 5.97 Å². The molecule has 0 spiro atoms. The Balaban J connectivity index is 2.44. The van der Waals surface area contributed by atoms with Crippen molar-refractivity contribution in [2.45, 2.75) is 33.7 Å². The predicted molar refractivity (Wildman–Crippen MR) is 81.3 cm³/mol. The lowest BCUT2D eigenvalue weighted by Crippen LogP contribution is -2.27. The summed E-state index contributed by atoms with van der Waals surface area (Å²) in [5.74, 6) is -1.24. The van der Waals surface area contributed by atoms with Crippen molar-refractivity contribution >= 4 is 22.8 Å². The van der Waals surface area contributed by atoms with Gasteiger partial charge in [0.25, 0.3) is 0 Å². The first kappa shape index (κ1) is 15.1. The summed E-state index contributed by atoms with van der Waals surface area (Å²) < 4.78 is 0. The van der Waals surface area contributed by atoms with Crippen molar-refractivity contribution in [1.29, 1.82) is 0 Å². The van der Waals surface area contributed by atoms with Crippen LogP contribution in [0.3, 0.4) is 0 Å². The fraction of sp³-hybridized carbons (Fsp3) is 0.375. The van der Waals surface area contributed by atoms with Gasteiger partial charge in [-0.25, -0.2) is 4.79 Å². The third-order valence-electron chi connectivity index (χ3n) is 3.56. The van der Waals surface area contributed by atoms with E-state index >= 15 is 0 Å². The third kappa shape index (κ3) is 3.07. The summed E-state index contributed by atoms with van der Waals surface area (Å²) >= 11 is 0. The van der Waals surface area contributed by atoms with E-state index in [2.05, 4.69) is 10.3 Å². The van der Waals surface area contributed by atoms with Gasteiger partial charge in [-0.1, -0.05) is 26.8 Å². The Labute approximate surface area is 123 Å². The molecule has 1 heterocycles. The molecule has 0 unspecified atom stereocenters. The Morgan fingerprint density at radius 1 is 1.33 bits per heavy atom. The second-order valence-corrected chi connectivity index (χ2v) is 5.39. The van der Waals surface area contributed by atoms with Gasteiger partial charge in [0.15, 0.2) is 0 Å². The minimum Gasteiger partial charge on any atom is -0.477 e. The highest BCUT2D eigenvalue weighted by molar-refractivity contribution is 5.97. The number of nitrogens with one attached hydrogen (secondary N) is 2. The maximum Gasteiger partial charge on any atom is 0.352 e. The number of aromatic nitrogens is 1. The molecule has 0 atom stereocenters. The number of aryl methyl sites for hydroxylation is 1. The van der Waals surface area contributed by atoms with Gasteiger partial charge in [-0.15, -0.1) is 0 Å². The summed E-state index contributed by atoms with van der Waals surface area (Å²) in [4.78, 5) is 26.0. The second kappa shape index (κ2) is 5.99. The largest absolute Gasteiger partial charge is 0.477 e. The van der Waals surface area contributed by atoms with Crippen LogP contribution in [0.1, 0.15) is 42.4 Å². The highest BCUT2D eigenvalue weighted by atomic mass is 16.4. The van der Waals surface area contributed by atoms with Crippen LogP contribution in [0.2, 0.25) is 0 Å². The van der Waals surface area contributed by atoms with Crippen LogP contribution in [0.15, 0.2) is 18.2 Å². The third-order valence-corrected chi connectivity index (χ3v) is 3.56. The van der Waals surface area contributed by atoms with Crippen LogP contribution in [0, 0.1) is 5.92 Å². The van der Waals surface area contributed by atoms with Gasteiger partial charge in [0, 0.05) is 28.9 Å². The van der Waals surface area contributed by atoms with Gasteiger partial charge in [-0.2, -0.15) is 0 Å².